The summed E-state index contributed by atoms with van der Waals surface area (Å²) in [4.78, 5) is 27.5. The van der Waals surface area contributed by atoms with Crippen molar-refractivity contribution >= 4 is 17.4 Å². The fourth-order valence-electron chi connectivity index (χ4n) is 1.79. The Morgan fingerprint density at radius 2 is 2.26 bits per heavy atom. The van der Waals surface area contributed by atoms with Gasteiger partial charge in [-0.3, -0.25) is 9.20 Å². The van der Waals surface area contributed by atoms with Gasteiger partial charge in [0.1, 0.15) is 11.3 Å². The molecule has 2 rings (SSSR count). The maximum absolute atomic E-state index is 11.8. The van der Waals surface area contributed by atoms with Gasteiger partial charge in [0.2, 0.25) is 0 Å². The molecular weight excluding hydrogens is 246 g/mol. The minimum absolute atomic E-state index is 0.0237. The molecule has 0 bridgehead atoms. The van der Waals surface area contributed by atoms with Gasteiger partial charge in [0, 0.05) is 13.1 Å². The van der Waals surface area contributed by atoms with E-state index in [4.69, 9.17) is 10.00 Å². The first-order chi connectivity index (χ1) is 9.08. The van der Waals surface area contributed by atoms with E-state index in [1.165, 1.54) is 17.4 Å². The topological polar surface area (TPSA) is 84.5 Å². The van der Waals surface area contributed by atoms with Crippen LogP contribution in [0.4, 0.5) is 0 Å². The summed E-state index contributed by atoms with van der Waals surface area (Å²) in [6, 6.07) is 5.04. The SMILES string of the molecule is CCOC(=O)c1nc2cc(C#N)ccn2c1C(C)=O. The number of aromatic nitrogens is 2. The summed E-state index contributed by atoms with van der Waals surface area (Å²) < 4.78 is 6.35. The molecule has 96 valence electrons. The molecule has 2 aromatic heterocycles. The lowest BCUT2D eigenvalue weighted by atomic mass is 10.2. The molecule has 0 aromatic carbocycles. The maximum atomic E-state index is 11.8. The lowest BCUT2D eigenvalue weighted by Gasteiger charge is -2.01. The fourth-order valence-corrected chi connectivity index (χ4v) is 1.79. The van der Waals surface area contributed by atoms with Gasteiger partial charge in [0.15, 0.2) is 11.5 Å². The van der Waals surface area contributed by atoms with Crippen molar-refractivity contribution < 1.29 is 14.3 Å². The maximum Gasteiger partial charge on any atom is 0.359 e. The molecule has 6 nitrogen and oxygen atoms in total. The van der Waals surface area contributed by atoms with E-state index in [0.29, 0.717) is 11.2 Å². The number of carbonyl (C=O) groups excluding carboxylic acids is 2. The Balaban J connectivity index is 2.70. The normalized spacial score (nSPS) is 10.2. The number of rotatable bonds is 3. The minimum atomic E-state index is -0.644. The van der Waals surface area contributed by atoms with E-state index < -0.39 is 5.97 Å². The zero-order chi connectivity index (χ0) is 14.0. The smallest absolute Gasteiger partial charge is 0.359 e. The van der Waals surface area contributed by atoms with Crippen LogP contribution in [0, 0.1) is 11.3 Å². The van der Waals surface area contributed by atoms with Crippen LogP contribution < -0.4 is 0 Å². The van der Waals surface area contributed by atoms with Gasteiger partial charge in [-0.2, -0.15) is 5.26 Å². The standard InChI is InChI=1S/C13H11N3O3/c1-3-19-13(18)11-12(8(2)17)16-5-4-9(7-14)6-10(16)15-11/h4-6H,3H2,1-2H3. The van der Waals surface area contributed by atoms with Crippen LogP contribution in [0.5, 0.6) is 0 Å². The van der Waals surface area contributed by atoms with Gasteiger partial charge < -0.3 is 4.74 Å². The highest BCUT2D eigenvalue weighted by Crippen LogP contribution is 2.16. The number of pyridine rings is 1. The second-order valence-electron chi connectivity index (χ2n) is 3.84. The number of carbonyl (C=O) groups is 2. The molecule has 2 aromatic rings. The fraction of sp³-hybridized carbons (Fsp3) is 0.231. The number of ether oxygens (including phenoxy) is 1. The summed E-state index contributed by atoms with van der Waals surface area (Å²) >= 11 is 0. The van der Waals surface area contributed by atoms with Gasteiger partial charge in [0.25, 0.3) is 0 Å². The minimum Gasteiger partial charge on any atom is -0.461 e. The molecule has 0 aliphatic rings. The van der Waals surface area contributed by atoms with Crippen LogP contribution in [-0.2, 0) is 4.74 Å². The third-order valence-electron chi connectivity index (χ3n) is 2.56. The molecule has 2 heterocycles. The molecule has 0 fully saturated rings. The van der Waals surface area contributed by atoms with Crippen molar-refractivity contribution in [2.75, 3.05) is 6.61 Å². The van der Waals surface area contributed by atoms with Gasteiger partial charge in [-0.1, -0.05) is 0 Å². The van der Waals surface area contributed by atoms with Gasteiger partial charge in [0.05, 0.1) is 18.2 Å². The Kier molecular flexibility index (Phi) is 3.29. The third kappa shape index (κ3) is 2.18. The number of esters is 1. The van der Waals surface area contributed by atoms with Crippen molar-refractivity contribution in [3.05, 3.63) is 35.3 Å². The van der Waals surface area contributed by atoms with Crippen LogP contribution in [0.2, 0.25) is 0 Å². The van der Waals surface area contributed by atoms with Crippen LogP contribution in [0.15, 0.2) is 18.3 Å². The molecule has 0 radical (unpaired) electrons. The number of imidazole rings is 1. The number of nitriles is 1. The van der Waals surface area contributed by atoms with E-state index in [2.05, 4.69) is 4.98 Å². The summed E-state index contributed by atoms with van der Waals surface area (Å²) in [6.45, 7) is 3.23. The summed E-state index contributed by atoms with van der Waals surface area (Å²) in [7, 11) is 0. The highest BCUT2D eigenvalue weighted by Gasteiger charge is 2.23. The average molecular weight is 257 g/mol. The molecule has 0 saturated carbocycles. The molecule has 0 aliphatic heterocycles. The van der Waals surface area contributed by atoms with Crippen molar-refractivity contribution in [1.82, 2.24) is 9.38 Å². The molecule has 0 unspecified atom stereocenters. The molecule has 0 spiro atoms. The van der Waals surface area contributed by atoms with Crippen LogP contribution in [0.1, 0.15) is 40.4 Å². The largest absolute Gasteiger partial charge is 0.461 e. The van der Waals surface area contributed by atoms with Crippen LogP contribution in [0.3, 0.4) is 0 Å². The lowest BCUT2D eigenvalue weighted by molar-refractivity contribution is 0.0517. The van der Waals surface area contributed by atoms with Crippen LogP contribution in [-0.4, -0.2) is 27.7 Å². The zero-order valence-corrected chi connectivity index (χ0v) is 10.5. The first kappa shape index (κ1) is 12.8. The molecule has 0 aliphatic carbocycles. The molecule has 0 N–H and O–H groups in total. The molecule has 6 heteroatoms. The second-order valence-corrected chi connectivity index (χ2v) is 3.84. The molecule has 0 saturated heterocycles. The molecule has 0 atom stereocenters. The van der Waals surface area contributed by atoms with Crippen molar-refractivity contribution in [1.29, 1.82) is 5.26 Å². The van der Waals surface area contributed by atoms with Gasteiger partial charge >= 0.3 is 5.97 Å². The van der Waals surface area contributed by atoms with Crippen molar-refractivity contribution in [2.45, 2.75) is 13.8 Å². The molecular formula is C13H11N3O3. The summed E-state index contributed by atoms with van der Waals surface area (Å²) in [5.74, 6) is -0.935. The zero-order valence-electron chi connectivity index (χ0n) is 10.5. The van der Waals surface area contributed by atoms with E-state index >= 15 is 0 Å². The first-order valence-corrected chi connectivity index (χ1v) is 5.68. The number of nitrogens with zero attached hydrogens (tertiary/aromatic N) is 3. The first-order valence-electron chi connectivity index (χ1n) is 5.68. The predicted molar refractivity (Wildman–Crippen MR) is 65.9 cm³/mol. The van der Waals surface area contributed by atoms with Crippen molar-refractivity contribution in [2.24, 2.45) is 0 Å². The molecule has 19 heavy (non-hydrogen) atoms. The Hall–Kier alpha value is -2.68. The Morgan fingerprint density at radius 1 is 1.53 bits per heavy atom. The average Bonchev–Trinajstić information content (AvgIpc) is 2.77. The van der Waals surface area contributed by atoms with Crippen LogP contribution >= 0.6 is 0 Å². The van der Waals surface area contributed by atoms with Crippen LogP contribution in [0.25, 0.3) is 5.65 Å². The number of fused-ring (bicyclic) bond motifs is 1. The van der Waals surface area contributed by atoms with Crippen molar-refractivity contribution in [3.8, 4) is 6.07 Å². The highest BCUT2D eigenvalue weighted by molar-refractivity contribution is 6.04. The van der Waals surface area contributed by atoms with E-state index in [0.717, 1.165) is 0 Å². The number of Topliss-reactive ketones (excluding diaryl/α,β-unsaturated/α-hetero) is 1. The third-order valence-corrected chi connectivity index (χ3v) is 2.56. The monoisotopic (exact) mass is 257 g/mol. The number of ketones is 1. The number of hydrogen-bond donors (Lipinski definition) is 0. The van der Waals surface area contributed by atoms with E-state index in [1.54, 1.807) is 19.2 Å². The van der Waals surface area contributed by atoms with Gasteiger partial charge in [-0.05, 0) is 19.1 Å². The number of hydrogen-bond acceptors (Lipinski definition) is 5. The lowest BCUT2D eigenvalue weighted by Crippen LogP contribution is -2.11. The summed E-state index contributed by atoms with van der Waals surface area (Å²) in [6.07, 6.45) is 1.54. The van der Waals surface area contributed by atoms with E-state index in [-0.39, 0.29) is 23.8 Å². The van der Waals surface area contributed by atoms with Gasteiger partial charge in [-0.15, -0.1) is 0 Å². The predicted octanol–water partition coefficient (Wildman–Crippen LogP) is 1.59. The van der Waals surface area contributed by atoms with E-state index in [9.17, 15) is 9.59 Å². The summed E-state index contributed by atoms with van der Waals surface area (Å²) in [5, 5.41) is 8.83. The quantitative estimate of drug-likeness (QED) is 0.615. The van der Waals surface area contributed by atoms with Gasteiger partial charge in [-0.25, -0.2) is 9.78 Å². The second kappa shape index (κ2) is 4.90. The summed E-state index contributed by atoms with van der Waals surface area (Å²) in [5.41, 5.74) is 0.915. The Labute approximate surface area is 109 Å². The Morgan fingerprint density at radius 3 is 2.84 bits per heavy atom. The van der Waals surface area contributed by atoms with E-state index in [1.807, 2.05) is 6.07 Å². The molecule has 0 amide bonds. The highest BCUT2D eigenvalue weighted by atomic mass is 16.5. The van der Waals surface area contributed by atoms with Crippen molar-refractivity contribution in [3.63, 3.8) is 0 Å². The Bertz CT molecular complexity index is 710.